The van der Waals surface area contributed by atoms with Crippen molar-refractivity contribution in [2.45, 2.75) is 13.3 Å². The van der Waals surface area contributed by atoms with Gasteiger partial charge in [-0.3, -0.25) is 9.78 Å². The third kappa shape index (κ3) is 5.51. The SMILES string of the molecule is CCOc1cc(/C=C/c2ccncc2)ccc1OC(=O)Cc1ccc(F)cc1. The molecule has 0 spiro atoms. The Morgan fingerprint density at radius 2 is 1.68 bits per heavy atom. The topological polar surface area (TPSA) is 48.4 Å². The van der Waals surface area contributed by atoms with Crippen LogP contribution in [-0.2, 0) is 11.2 Å². The fraction of sp³-hybridized carbons (Fsp3) is 0.130. The number of hydrogen-bond acceptors (Lipinski definition) is 4. The molecule has 0 amide bonds. The van der Waals surface area contributed by atoms with Crippen LogP contribution in [0.1, 0.15) is 23.6 Å². The van der Waals surface area contributed by atoms with Gasteiger partial charge in [-0.05, 0) is 60.0 Å². The maximum Gasteiger partial charge on any atom is 0.315 e. The van der Waals surface area contributed by atoms with Gasteiger partial charge in [0.05, 0.1) is 13.0 Å². The number of carbonyl (C=O) groups is 1. The van der Waals surface area contributed by atoms with Gasteiger partial charge in [-0.15, -0.1) is 0 Å². The summed E-state index contributed by atoms with van der Waals surface area (Å²) < 4.78 is 24.1. The van der Waals surface area contributed by atoms with E-state index in [9.17, 15) is 9.18 Å². The first-order valence-electron chi connectivity index (χ1n) is 8.94. The monoisotopic (exact) mass is 377 g/mol. The molecule has 0 fully saturated rings. The van der Waals surface area contributed by atoms with Gasteiger partial charge in [-0.25, -0.2) is 4.39 Å². The van der Waals surface area contributed by atoms with E-state index in [2.05, 4.69) is 4.98 Å². The lowest BCUT2D eigenvalue weighted by molar-refractivity contribution is -0.133. The van der Waals surface area contributed by atoms with Crippen molar-refractivity contribution in [3.63, 3.8) is 0 Å². The molecule has 142 valence electrons. The Balaban J connectivity index is 1.72. The molecule has 0 aliphatic heterocycles. The standard InChI is InChI=1S/C23H20FNO3/c1-2-27-22-15-18(4-3-17-11-13-25-14-12-17)7-10-21(22)28-23(26)16-19-5-8-20(24)9-6-19/h3-15H,2,16H2,1H3/b4-3+. The van der Waals surface area contributed by atoms with Crippen LogP contribution in [-0.4, -0.2) is 17.6 Å². The highest BCUT2D eigenvalue weighted by Gasteiger charge is 2.12. The van der Waals surface area contributed by atoms with Crippen molar-refractivity contribution in [1.82, 2.24) is 4.98 Å². The minimum absolute atomic E-state index is 0.0511. The van der Waals surface area contributed by atoms with Gasteiger partial charge in [0.1, 0.15) is 5.82 Å². The van der Waals surface area contributed by atoms with Crippen molar-refractivity contribution in [2.75, 3.05) is 6.61 Å². The van der Waals surface area contributed by atoms with E-state index in [4.69, 9.17) is 9.47 Å². The Morgan fingerprint density at radius 3 is 2.39 bits per heavy atom. The number of nitrogens with zero attached hydrogens (tertiary/aromatic N) is 1. The predicted octanol–water partition coefficient (Wildman–Crippen LogP) is 4.94. The average molecular weight is 377 g/mol. The third-order valence-electron chi connectivity index (χ3n) is 3.93. The zero-order valence-corrected chi connectivity index (χ0v) is 15.5. The third-order valence-corrected chi connectivity index (χ3v) is 3.93. The zero-order chi connectivity index (χ0) is 19.8. The molecule has 0 N–H and O–H groups in total. The molecule has 2 aromatic carbocycles. The Hall–Kier alpha value is -3.47. The molecule has 0 radical (unpaired) electrons. The number of ether oxygens (including phenoxy) is 2. The van der Waals surface area contributed by atoms with Crippen molar-refractivity contribution >= 4 is 18.1 Å². The number of hydrogen-bond donors (Lipinski definition) is 0. The molecule has 0 atom stereocenters. The van der Waals surface area contributed by atoms with Gasteiger partial charge in [0.15, 0.2) is 11.5 Å². The van der Waals surface area contributed by atoms with E-state index < -0.39 is 5.97 Å². The molecule has 4 nitrogen and oxygen atoms in total. The Kier molecular flexibility index (Phi) is 6.52. The van der Waals surface area contributed by atoms with Crippen molar-refractivity contribution in [1.29, 1.82) is 0 Å². The summed E-state index contributed by atoms with van der Waals surface area (Å²) in [6.45, 7) is 2.31. The fourth-order valence-corrected chi connectivity index (χ4v) is 2.58. The van der Waals surface area contributed by atoms with Crippen molar-refractivity contribution in [2.24, 2.45) is 0 Å². The van der Waals surface area contributed by atoms with Crippen LogP contribution in [0.3, 0.4) is 0 Å². The van der Waals surface area contributed by atoms with Crippen LogP contribution < -0.4 is 9.47 Å². The molecule has 0 aliphatic carbocycles. The molecule has 1 aromatic heterocycles. The van der Waals surface area contributed by atoms with Gasteiger partial charge in [-0.1, -0.05) is 30.4 Å². The molecule has 0 saturated carbocycles. The van der Waals surface area contributed by atoms with E-state index in [0.29, 0.717) is 23.7 Å². The number of rotatable bonds is 7. The quantitative estimate of drug-likeness (QED) is 0.432. The second-order valence-corrected chi connectivity index (χ2v) is 6.03. The van der Waals surface area contributed by atoms with Gasteiger partial charge in [0, 0.05) is 12.4 Å². The number of aromatic nitrogens is 1. The van der Waals surface area contributed by atoms with Crippen molar-refractivity contribution in [3.05, 3.63) is 89.5 Å². The van der Waals surface area contributed by atoms with Crippen LogP contribution in [0.25, 0.3) is 12.2 Å². The van der Waals surface area contributed by atoms with Gasteiger partial charge in [-0.2, -0.15) is 0 Å². The smallest absolute Gasteiger partial charge is 0.315 e. The summed E-state index contributed by atoms with van der Waals surface area (Å²) in [6.07, 6.45) is 7.43. The number of halogens is 1. The first-order chi connectivity index (χ1) is 13.6. The Morgan fingerprint density at radius 1 is 0.964 bits per heavy atom. The molecule has 0 aliphatic rings. The van der Waals surface area contributed by atoms with Crippen LogP contribution >= 0.6 is 0 Å². The molecular formula is C23H20FNO3. The van der Waals surface area contributed by atoms with Crippen LogP contribution in [0.5, 0.6) is 11.5 Å². The van der Waals surface area contributed by atoms with E-state index in [1.807, 2.05) is 43.3 Å². The van der Waals surface area contributed by atoms with Gasteiger partial charge < -0.3 is 9.47 Å². The second kappa shape index (κ2) is 9.46. The van der Waals surface area contributed by atoms with Gasteiger partial charge in [0.25, 0.3) is 0 Å². The maximum atomic E-state index is 13.0. The second-order valence-electron chi connectivity index (χ2n) is 6.03. The normalized spacial score (nSPS) is 10.8. The number of benzene rings is 2. The maximum absolute atomic E-state index is 13.0. The minimum Gasteiger partial charge on any atom is -0.490 e. The van der Waals surface area contributed by atoms with Crippen LogP contribution in [0, 0.1) is 5.82 Å². The molecule has 0 unspecified atom stereocenters. The summed E-state index contributed by atoms with van der Waals surface area (Å²) in [7, 11) is 0. The number of carbonyl (C=O) groups excluding carboxylic acids is 1. The van der Waals surface area contributed by atoms with Crippen molar-refractivity contribution in [3.8, 4) is 11.5 Å². The van der Waals surface area contributed by atoms with E-state index in [-0.39, 0.29) is 12.2 Å². The van der Waals surface area contributed by atoms with Gasteiger partial charge in [0.2, 0.25) is 0 Å². The summed E-state index contributed by atoms with van der Waals surface area (Å²) >= 11 is 0. The highest BCUT2D eigenvalue weighted by atomic mass is 19.1. The first-order valence-corrected chi connectivity index (χ1v) is 8.94. The molecule has 0 saturated heterocycles. The molecular weight excluding hydrogens is 357 g/mol. The van der Waals surface area contributed by atoms with Crippen LogP contribution in [0.4, 0.5) is 4.39 Å². The molecule has 5 heteroatoms. The Bertz CT molecular complexity index is 953. The first kappa shape index (κ1) is 19.3. The lowest BCUT2D eigenvalue weighted by Crippen LogP contribution is -2.12. The highest BCUT2D eigenvalue weighted by molar-refractivity contribution is 5.77. The molecule has 3 aromatic rings. The van der Waals surface area contributed by atoms with Crippen LogP contribution in [0.2, 0.25) is 0 Å². The average Bonchev–Trinajstić information content (AvgIpc) is 2.71. The van der Waals surface area contributed by atoms with E-state index in [1.54, 1.807) is 30.6 Å². The number of esters is 1. The van der Waals surface area contributed by atoms with Gasteiger partial charge >= 0.3 is 5.97 Å². The molecule has 3 rings (SSSR count). The molecule has 28 heavy (non-hydrogen) atoms. The fourth-order valence-electron chi connectivity index (χ4n) is 2.58. The predicted molar refractivity (Wildman–Crippen MR) is 107 cm³/mol. The van der Waals surface area contributed by atoms with Crippen LogP contribution in [0.15, 0.2) is 67.0 Å². The molecule has 1 heterocycles. The minimum atomic E-state index is -0.437. The van der Waals surface area contributed by atoms with Crippen molar-refractivity contribution < 1.29 is 18.7 Å². The summed E-state index contributed by atoms with van der Waals surface area (Å²) in [6, 6.07) is 15.0. The number of pyridine rings is 1. The van der Waals surface area contributed by atoms with E-state index in [1.165, 1.54) is 12.1 Å². The van der Waals surface area contributed by atoms with E-state index in [0.717, 1.165) is 11.1 Å². The summed E-state index contributed by atoms with van der Waals surface area (Å²) in [5.74, 6) is 0.0701. The summed E-state index contributed by atoms with van der Waals surface area (Å²) in [5.41, 5.74) is 2.63. The summed E-state index contributed by atoms with van der Waals surface area (Å²) in [5, 5.41) is 0. The lowest BCUT2D eigenvalue weighted by Gasteiger charge is -2.11. The Labute approximate surface area is 163 Å². The summed E-state index contributed by atoms with van der Waals surface area (Å²) in [4.78, 5) is 16.2. The zero-order valence-electron chi connectivity index (χ0n) is 15.5. The lowest BCUT2D eigenvalue weighted by atomic mass is 10.1. The molecule has 0 bridgehead atoms. The van der Waals surface area contributed by atoms with E-state index >= 15 is 0 Å². The largest absolute Gasteiger partial charge is 0.490 e. The highest BCUT2D eigenvalue weighted by Crippen LogP contribution is 2.29.